The Morgan fingerprint density at radius 2 is 1.80 bits per heavy atom. The second kappa shape index (κ2) is 7.66. The standard InChI is InChI=1S/C20H20N2O3/c1-3-25-20(23)17-13-22-19(16-10-6-5-9-15(16)17)21-12-14-8-4-7-11-18(14)24-2/h4-11,13H,3,12H2,1-2H3,(H,21,22). The number of rotatable bonds is 6. The molecule has 3 rings (SSSR count). The first-order chi connectivity index (χ1) is 12.2. The fourth-order valence-corrected chi connectivity index (χ4v) is 2.73. The predicted molar refractivity (Wildman–Crippen MR) is 98.0 cm³/mol. The Bertz CT molecular complexity index is 893. The summed E-state index contributed by atoms with van der Waals surface area (Å²) in [5, 5.41) is 5.03. The number of hydrogen-bond donors (Lipinski definition) is 1. The zero-order valence-corrected chi connectivity index (χ0v) is 14.3. The first-order valence-electron chi connectivity index (χ1n) is 8.15. The Kier molecular flexibility index (Phi) is 5.14. The van der Waals surface area contributed by atoms with Gasteiger partial charge in [-0.25, -0.2) is 9.78 Å². The van der Waals surface area contributed by atoms with Crippen LogP contribution in [0.15, 0.2) is 54.7 Å². The van der Waals surface area contributed by atoms with Gasteiger partial charge < -0.3 is 14.8 Å². The monoisotopic (exact) mass is 336 g/mol. The minimum absolute atomic E-state index is 0.334. The normalized spacial score (nSPS) is 10.5. The molecule has 0 aliphatic heterocycles. The van der Waals surface area contributed by atoms with Crippen LogP contribution in [0.3, 0.4) is 0 Å². The van der Waals surface area contributed by atoms with Crippen LogP contribution in [0.2, 0.25) is 0 Å². The molecule has 1 heterocycles. The van der Waals surface area contributed by atoms with Crippen LogP contribution in [-0.2, 0) is 11.3 Å². The van der Waals surface area contributed by atoms with Crippen LogP contribution in [0.25, 0.3) is 10.8 Å². The molecule has 0 aliphatic carbocycles. The van der Waals surface area contributed by atoms with E-state index in [1.807, 2.05) is 48.5 Å². The number of methoxy groups -OCH3 is 1. The van der Waals surface area contributed by atoms with Crippen LogP contribution in [0.4, 0.5) is 5.82 Å². The summed E-state index contributed by atoms with van der Waals surface area (Å²) >= 11 is 0. The maximum atomic E-state index is 12.1. The van der Waals surface area contributed by atoms with Crippen molar-refractivity contribution in [3.63, 3.8) is 0 Å². The zero-order chi connectivity index (χ0) is 17.6. The van der Waals surface area contributed by atoms with Gasteiger partial charge in [0.05, 0.1) is 19.3 Å². The fourth-order valence-electron chi connectivity index (χ4n) is 2.73. The average molecular weight is 336 g/mol. The number of para-hydroxylation sites is 1. The van der Waals surface area contributed by atoms with Gasteiger partial charge in [-0.15, -0.1) is 0 Å². The number of ether oxygens (including phenoxy) is 2. The van der Waals surface area contributed by atoms with Gasteiger partial charge in [-0.2, -0.15) is 0 Å². The Labute approximate surface area is 146 Å². The number of nitrogens with zero attached hydrogens (tertiary/aromatic N) is 1. The molecule has 0 aliphatic rings. The summed E-state index contributed by atoms with van der Waals surface area (Å²) in [4.78, 5) is 16.6. The van der Waals surface area contributed by atoms with E-state index < -0.39 is 0 Å². The van der Waals surface area contributed by atoms with Crippen molar-refractivity contribution in [3.05, 3.63) is 65.9 Å². The van der Waals surface area contributed by atoms with Gasteiger partial charge in [0.25, 0.3) is 0 Å². The molecule has 5 heteroatoms. The minimum Gasteiger partial charge on any atom is -0.496 e. The third kappa shape index (κ3) is 3.55. The van der Waals surface area contributed by atoms with Gasteiger partial charge in [0.1, 0.15) is 11.6 Å². The summed E-state index contributed by atoms with van der Waals surface area (Å²) in [6, 6.07) is 15.5. The van der Waals surface area contributed by atoms with Gasteiger partial charge in [0, 0.05) is 29.1 Å². The van der Waals surface area contributed by atoms with Crippen LogP contribution in [-0.4, -0.2) is 24.7 Å². The zero-order valence-electron chi connectivity index (χ0n) is 14.3. The highest BCUT2D eigenvalue weighted by atomic mass is 16.5. The SMILES string of the molecule is CCOC(=O)c1cnc(NCc2ccccc2OC)c2ccccc12. The van der Waals surface area contributed by atoms with Crippen LogP contribution in [0.5, 0.6) is 5.75 Å². The second-order valence-electron chi connectivity index (χ2n) is 5.45. The van der Waals surface area contributed by atoms with Crippen molar-refractivity contribution in [3.8, 4) is 5.75 Å². The Balaban J connectivity index is 1.92. The number of carbonyl (C=O) groups excluding carboxylic acids is 1. The van der Waals surface area contributed by atoms with Gasteiger partial charge in [0.15, 0.2) is 0 Å². The molecule has 5 nitrogen and oxygen atoms in total. The van der Waals surface area contributed by atoms with Crippen molar-refractivity contribution >= 4 is 22.6 Å². The molecule has 25 heavy (non-hydrogen) atoms. The number of fused-ring (bicyclic) bond motifs is 1. The smallest absolute Gasteiger partial charge is 0.340 e. The first-order valence-corrected chi connectivity index (χ1v) is 8.15. The van der Waals surface area contributed by atoms with E-state index >= 15 is 0 Å². The summed E-state index contributed by atoms with van der Waals surface area (Å²) in [6.45, 7) is 2.69. The maximum Gasteiger partial charge on any atom is 0.340 e. The maximum absolute atomic E-state index is 12.1. The van der Waals surface area contributed by atoms with E-state index in [4.69, 9.17) is 9.47 Å². The highest BCUT2D eigenvalue weighted by Crippen LogP contribution is 2.26. The lowest BCUT2D eigenvalue weighted by molar-refractivity contribution is 0.0528. The van der Waals surface area contributed by atoms with E-state index in [-0.39, 0.29) is 5.97 Å². The predicted octanol–water partition coefficient (Wildman–Crippen LogP) is 4.03. The summed E-state index contributed by atoms with van der Waals surface area (Å²) < 4.78 is 10.5. The largest absolute Gasteiger partial charge is 0.496 e. The second-order valence-corrected chi connectivity index (χ2v) is 5.45. The molecule has 3 aromatic rings. The number of carbonyl (C=O) groups is 1. The molecular weight excluding hydrogens is 316 g/mol. The van der Waals surface area contributed by atoms with Crippen molar-refractivity contribution in [1.29, 1.82) is 0 Å². The topological polar surface area (TPSA) is 60.5 Å². The van der Waals surface area contributed by atoms with Gasteiger partial charge in [-0.3, -0.25) is 0 Å². The molecule has 128 valence electrons. The number of esters is 1. The van der Waals surface area contributed by atoms with Gasteiger partial charge >= 0.3 is 5.97 Å². The fraction of sp³-hybridized carbons (Fsp3) is 0.200. The lowest BCUT2D eigenvalue weighted by Gasteiger charge is -2.13. The molecule has 0 spiro atoms. The van der Waals surface area contributed by atoms with E-state index in [0.29, 0.717) is 18.7 Å². The van der Waals surface area contributed by atoms with E-state index in [2.05, 4.69) is 10.3 Å². The summed E-state index contributed by atoms with van der Waals surface area (Å²) in [5.74, 6) is 1.18. The van der Waals surface area contributed by atoms with Crippen molar-refractivity contribution in [1.82, 2.24) is 4.98 Å². The number of hydrogen-bond acceptors (Lipinski definition) is 5. The van der Waals surface area contributed by atoms with Crippen molar-refractivity contribution in [2.75, 3.05) is 19.0 Å². The van der Waals surface area contributed by atoms with Gasteiger partial charge in [-0.1, -0.05) is 42.5 Å². The molecule has 1 aromatic heterocycles. The summed E-state index contributed by atoms with van der Waals surface area (Å²) in [7, 11) is 1.65. The number of anilines is 1. The van der Waals surface area contributed by atoms with E-state index in [0.717, 1.165) is 27.9 Å². The lowest BCUT2D eigenvalue weighted by Crippen LogP contribution is -2.08. The molecule has 0 saturated heterocycles. The van der Waals surface area contributed by atoms with E-state index in [9.17, 15) is 4.79 Å². The Hall–Kier alpha value is -3.08. The molecule has 1 N–H and O–H groups in total. The highest BCUT2D eigenvalue weighted by Gasteiger charge is 2.14. The van der Waals surface area contributed by atoms with Crippen molar-refractivity contribution in [2.24, 2.45) is 0 Å². The highest BCUT2D eigenvalue weighted by molar-refractivity contribution is 6.07. The van der Waals surface area contributed by atoms with Crippen LogP contribution >= 0.6 is 0 Å². The molecule has 0 radical (unpaired) electrons. The van der Waals surface area contributed by atoms with E-state index in [1.165, 1.54) is 0 Å². The van der Waals surface area contributed by atoms with Crippen LogP contribution in [0, 0.1) is 0 Å². The molecule has 0 unspecified atom stereocenters. The molecule has 0 saturated carbocycles. The lowest BCUT2D eigenvalue weighted by atomic mass is 10.1. The quantitative estimate of drug-likeness (QED) is 0.689. The number of aromatic nitrogens is 1. The number of pyridine rings is 1. The first kappa shape index (κ1) is 16.8. The van der Waals surface area contributed by atoms with Gasteiger partial charge in [-0.05, 0) is 13.0 Å². The van der Waals surface area contributed by atoms with Gasteiger partial charge in [0.2, 0.25) is 0 Å². The third-order valence-corrected chi connectivity index (χ3v) is 3.93. The molecule has 2 aromatic carbocycles. The van der Waals surface area contributed by atoms with Crippen molar-refractivity contribution in [2.45, 2.75) is 13.5 Å². The Morgan fingerprint density at radius 1 is 1.08 bits per heavy atom. The molecule has 0 bridgehead atoms. The Morgan fingerprint density at radius 3 is 2.56 bits per heavy atom. The van der Waals surface area contributed by atoms with Crippen molar-refractivity contribution < 1.29 is 14.3 Å². The number of nitrogens with one attached hydrogen (secondary N) is 1. The third-order valence-electron chi connectivity index (χ3n) is 3.93. The molecule has 0 atom stereocenters. The molecular formula is C20H20N2O3. The summed E-state index contributed by atoms with van der Waals surface area (Å²) in [6.07, 6.45) is 1.56. The molecule has 0 fully saturated rings. The average Bonchev–Trinajstić information content (AvgIpc) is 2.66. The van der Waals surface area contributed by atoms with Crippen LogP contribution in [0.1, 0.15) is 22.8 Å². The summed E-state index contributed by atoms with van der Waals surface area (Å²) in [5.41, 5.74) is 1.51. The molecule has 0 amide bonds. The minimum atomic E-state index is -0.359. The van der Waals surface area contributed by atoms with E-state index in [1.54, 1.807) is 20.2 Å². The number of benzene rings is 2. The van der Waals surface area contributed by atoms with Crippen LogP contribution < -0.4 is 10.1 Å².